The van der Waals surface area contributed by atoms with Crippen molar-refractivity contribution in [1.29, 1.82) is 0 Å². The Kier molecular flexibility index (Phi) is 5.75. The van der Waals surface area contributed by atoms with Crippen LogP contribution in [0.5, 0.6) is 0 Å². The molecule has 2 saturated carbocycles. The van der Waals surface area contributed by atoms with Crippen molar-refractivity contribution in [2.75, 3.05) is 4.72 Å². The molecular weight excluding hydrogens is 428 g/mol. The van der Waals surface area contributed by atoms with E-state index in [1.807, 2.05) is 0 Å². The van der Waals surface area contributed by atoms with Crippen molar-refractivity contribution >= 4 is 50.3 Å². The maximum absolute atomic E-state index is 12.6. The maximum atomic E-state index is 12.6. The molecule has 7 nitrogen and oxygen atoms in total. The quantitative estimate of drug-likeness (QED) is 0.413. The average Bonchev–Trinajstić information content (AvgIpc) is 3.44. The summed E-state index contributed by atoms with van der Waals surface area (Å²) in [5.74, 6) is 0.965. The third-order valence-corrected chi connectivity index (χ3v) is 8.50. The number of fused-ring (bicyclic) bond motifs is 2. The molecule has 1 amide bonds. The molecule has 3 unspecified atom stereocenters. The Morgan fingerprint density at radius 3 is 2.59 bits per heavy atom. The van der Waals surface area contributed by atoms with Crippen molar-refractivity contribution in [3.05, 3.63) is 47.3 Å². The molecule has 2 fully saturated rings. The number of anilines is 1. The summed E-state index contributed by atoms with van der Waals surface area (Å²) < 4.78 is 27.6. The van der Waals surface area contributed by atoms with Crippen LogP contribution in [-0.2, 0) is 10.0 Å². The molecule has 0 aliphatic heterocycles. The van der Waals surface area contributed by atoms with Gasteiger partial charge in [-0.25, -0.2) is 8.42 Å². The lowest BCUT2D eigenvalue weighted by atomic mass is 9.96. The number of sulfonamides is 1. The highest BCUT2D eigenvalue weighted by Crippen LogP contribution is 2.44. The summed E-state index contributed by atoms with van der Waals surface area (Å²) in [6, 6.07) is 9.96. The molecule has 3 atom stereocenters. The number of para-hydroxylation sites is 1. The lowest BCUT2D eigenvalue weighted by molar-refractivity contribution is 0.0944. The Hall–Kier alpha value is -2.17. The monoisotopic (exact) mass is 450 g/mol. The zero-order chi connectivity index (χ0) is 20.4. The van der Waals surface area contributed by atoms with Gasteiger partial charge in [-0.1, -0.05) is 24.6 Å². The van der Waals surface area contributed by atoms with Crippen LogP contribution in [0.1, 0.15) is 36.0 Å². The predicted molar refractivity (Wildman–Crippen MR) is 117 cm³/mol. The van der Waals surface area contributed by atoms with Crippen molar-refractivity contribution in [1.82, 2.24) is 16.2 Å². The number of rotatable bonds is 5. The summed E-state index contributed by atoms with van der Waals surface area (Å²) >= 11 is 6.41. The van der Waals surface area contributed by atoms with Gasteiger partial charge < -0.3 is 5.32 Å². The topological polar surface area (TPSA) is 99.3 Å². The minimum Gasteiger partial charge on any atom is -0.358 e. The zero-order valence-electron chi connectivity index (χ0n) is 15.6. The van der Waals surface area contributed by atoms with E-state index in [9.17, 15) is 13.2 Å². The number of hydrazine groups is 1. The van der Waals surface area contributed by atoms with E-state index in [4.69, 9.17) is 12.2 Å². The van der Waals surface area contributed by atoms with E-state index in [0.29, 0.717) is 17.1 Å². The molecule has 1 aromatic carbocycles. The predicted octanol–water partition coefficient (Wildman–Crippen LogP) is 2.85. The number of carbonyl (C=O) groups is 1. The highest BCUT2D eigenvalue weighted by atomic mass is 32.2. The minimum absolute atomic E-state index is 0.182. The summed E-state index contributed by atoms with van der Waals surface area (Å²) in [7, 11) is -3.75. The summed E-state index contributed by atoms with van der Waals surface area (Å²) in [5, 5.41) is 5.33. The molecule has 2 bridgehead atoms. The first-order valence-electron chi connectivity index (χ1n) is 9.44. The number of hydrogen-bond donors (Lipinski definition) is 4. The van der Waals surface area contributed by atoms with Crippen LogP contribution in [0.2, 0.25) is 0 Å². The standard InChI is InChI=1S/C19H22N4O3S3/c24-18(21-22-19(27)20-16-11-12-7-8-13(16)10-12)14-4-1-2-5-15(14)23-29(25,26)17-6-3-9-28-17/h1-6,9,12-13,16,23H,7-8,10-11H2,(H,21,24)(H2,20,22,27). The molecule has 4 N–H and O–H groups in total. The first kappa shape index (κ1) is 20.1. The fourth-order valence-corrected chi connectivity index (χ4v) is 6.46. The number of benzene rings is 1. The maximum Gasteiger partial charge on any atom is 0.271 e. The smallest absolute Gasteiger partial charge is 0.271 e. The van der Waals surface area contributed by atoms with Crippen molar-refractivity contribution in [2.24, 2.45) is 11.8 Å². The zero-order valence-corrected chi connectivity index (χ0v) is 18.0. The molecule has 0 radical (unpaired) electrons. The summed E-state index contributed by atoms with van der Waals surface area (Å²) in [4.78, 5) is 12.6. The Morgan fingerprint density at radius 2 is 1.90 bits per heavy atom. The van der Waals surface area contributed by atoms with E-state index in [2.05, 4.69) is 20.9 Å². The van der Waals surface area contributed by atoms with E-state index in [-0.39, 0.29) is 15.5 Å². The highest BCUT2D eigenvalue weighted by Gasteiger charge is 2.39. The van der Waals surface area contributed by atoms with Gasteiger partial charge in [-0.05, 0) is 66.9 Å². The van der Waals surface area contributed by atoms with Crippen molar-refractivity contribution in [3.63, 3.8) is 0 Å². The fraction of sp³-hybridized carbons (Fsp3) is 0.368. The third kappa shape index (κ3) is 4.54. The Balaban J connectivity index is 1.37. The molecular formula is C19H22N4O3S3. The van der Waals surface area contributed by atoms with Crippen LogP contribution in [-0.4, -0.2) is 25.5 Å². The van der Waals surface area contributed by atoms with E-state index < -0.39 is 15.9 Å². The summed E-state index contributed by atoms with van der Waals surface area (Å²) in [5.41, 5.74) is 5.68. The second-order valence-corrected chi connectivity index (χ2v) is 10.7. The molecule has 154 valence electrons. The Labute approximate surface area is 179 Å². The highest BCUT2D eigenvalue weighted by molar-refractivity contribution is 7.94. The largest absolute Gasteiger partial charge is 0.358 e. The first-order valence-corrected chi connectivity index (χ1v) is 12.2. The van der Waals surface area contributed by atoms with Gasteiger partial charge in [0.1, 0.15) is 4.21 Å². The van der Waals surface area contributed by atoms with Crippen LogP contribution < -0.4 is 20.9 Å². The Morgan fingerprint density at radius 1 is 1.07 bits per heavy atom. The number of carbonyl (C=O) groups excluding carboxylic acids is 1. The molecule has 2 aliphatic rings. The lowest BCUT2D eigenvalue weighted by Gasteiger charge is -2.24. The summed E-state index contributed by atoms with van der Waals surface area (Å²) in [6.07, 6.45) is 4.91. The van der Waals surface area contributed by atoms with Gasteiger partial charge in [-0.15, -0.1) is 11.3 Å². The minimum atomic E-state index is -3.75. The second kappa shape index (κ2) is 8.29. The first-order chi connectivity index (χ1) is 13.9. The van der Waals surface area contributed by atoms with Gasteiger partial charge in [0, 0.05) is 6.04 Å². The van der Waals surface area contributed by atoms with E-state index in [1.165, 1.54) is 25.3 Å². The van der Waals surface area contributed by atoms with Crippen LogP contribution in [0.25, 0.3) is 0 Å². The summed E-state index contributed by atoms with van der Waals surface area (Å²) in [6.45, 7) is 0. The number of hydrogen-bond acceptors (Lipinski definition) is 5. The van der Waals surface area contributed by atoms with Crippen LogP contribution >= 0.6 is 23.6 Å². The number of nitrogens with one attached hydrogen (secondary N) is 4. The van der Waals surface area contributed by atoms with Crippen LogP contribution in [0.3, 0.4) is 0 Å². The molecule has 29 heavy (non-hydrogen) atoms. The Bertz CT molecular complexity index is 1010. The third-order valence-electron chi connectivity index (χ3n) is 5.52. The van der Waals surface area contributed by atoms with Crippen molar-refractivity contribution in [2.45, 2.75) is 35.9 Å². The van der Waals surface area contributed by atoms with E-state index >= 15 is 0 Å². The molecule has 2 aliphatic carbocycles. The molecule has 0 spiro atoms. The van der Waals surface area contributed by atoms with Crippen LogP contribution in [0.15, 0.2) is 46.0 Å². The van der Waals surface area contributed by atoms with Gasteiger partial charge in [-0.2, -0.15) is 0 Å². The van der Waals surface area contributed by atoms with Crippen molar-refractivity contribution < 1.29 is 13.2 Å². The van der Waals surface area contributed by atoms with E-state index in [1.54, 1.807) is 35.7 Å². The van der Waals surface area contributed by atoms with Gasteiger partial charge >= 0.3 is 0 Å². The number of thiophene rings is 1. The van der Waals surface area contributed by atoms with E-state index in [0.717, 1.165) is 23.7 Å². The molecule has 4 rings (SSSR count). The van der Waals surface area contributed by atoms with Gasteiger partial charge in [-0.3, -0.25) is 20.4 Å². The number of amides is 1. The molecule has 0 saturated heterocycles. The molecule has 1 aromatic heterocycles. The molecule has 1 heterocycles. The lowest BCUT2D eigenvalue weighted by Crippen LogP contribution is -2.50. The van der Waals surface area contributed by atoms with Crippen LogP contribution in [0.4, 0.5) is 5.69 Å². The SMILES string of the molecule is O=C(NNC(=S)NC1CC2CCC1C2)c1ccccc1NS(=O)(=O)c1cccs1. The second-order valence-electron chi connectivity index (χ2n) is 7.42. The van der Waals surface area contributed by atoms with Gasteiger partial charge in [0.2, 0.25) is 0 Å². The number of thiocarbonyl (C=S) groups is 1. The molecule has 2 aromatic rings. The average molecular weight is 451 g/mol. The molecule has 10 heteroatoms. The van der Waals surface area contributed by atoms with Crippen molar-refractivity contribution in [3.8, 4) is 0 Å². The van der Waals surface area contributed by atoms with Gasteiger partial charge in [0.15, 0.2) is 5.11 Å². The normalized spacial score (nSPS) is 22.8. The van der Waals surface area contributed by atoms with Gasteiger partial charge in [0.25, 0.3) is 15.9 Å². The fourth-order valence-electron chi connectivity index (χ4n) is 4.19. The van der Waals surface area contributed by atoms with Gasteiger partial charge in [0.05, 0.1) is 11.3 Å². The van der Waals surface area contributed by atoms with Crippen LogP contribution in [0, 0.1) is 11.8 Å².